The minimum absolute atomic E-state index is 0.610. The maximum absolute atomic E-state index is 5.99. The molecule has 0 saturated carbocycles. The Labute approximate surface area is 110 Å². The lowest BCUT2D eigenvalue weighted by Gasteiger charge is -2.30. The molecule has 2 rings (SSSR count). The van der Waals surface area contributed by atoms with E-state index in [2.05, 4.69) is 28.8 Å². The minimum Gasteiger partial charge on any atom is -0.397 e. The topological polar surface area (TPSA) is 45.4 Å². The zero-order valence-corrected chi connectivity index (χ0v) is 11.5. The number of nitrogen functional groups attached to an aromatic ring is 1. The Bertz CT molecular complexity index is 380. The zero-order chi connectivity index (χ0) is 13.0. The molecule has 1 aliphatic heterocycles. The molecule has 2 N–H and O–H groups in total. The molecule has 4 heteroatoms. The number of aromatic nitrogens is 1. The maximum Gasteiger partial charge on any atom is 0.0772 e. The molecule has 0 spiro atoms. The molecule has 0 aromatic carbocycles. The van der Waals surface area contributed by atoms with E-state index in [1.165, 1.54) is 19.4 Å². The van der Waals surface area contributed by atoms with E-state index in [-0.39, 0.29) is 0 Å². The molecular weight excluding hydrogens is 224 g/mol. The summed E-state index contributed by atoms with van der Waals surface area (Å²) in [5.74, 6) is 0. The smallest absolute Gasteiger partial charge is 0.0772 e. The van der Waals surface area contributed by atoms with Gasteiger partial charge in [0.2, 0.25) is 0 Å². The van der Waals surface area contributed by atoms with Crippen molar-refractivity contribution in [2.24, 2.45) is 0 Å². The van der Waals surface area contributed by atoms with E-state index in [0.29, 0.717) is 6.04 Å². The maximum atomic E-state index is 5.99. The number of likely N-dealkylation sites (N-methyl/N-ethyl adjacent to an activating group) is 1. The van der Waals surface area contributed by atoms with Crippen LogP contribution in [0.2, 0.25) is 0 Å². The average molecular weight is 248 g/mol. The second kappa shape index (κ2) is 6.16. The van der Waals surface area contributed by atoms with Crippen LogP contribution in [0.25, 0.3) is 0 Å². The predicted molar refractivity (Wildman–Crippen MR) is 75.3 cm³/mol. The lowest BCUT2D eigenvalue weighted by molar-refractivity contribution is 0.174. The molecule has 100 valence electrons. The monoisotopic (exact) mass is 248 g/mol. The van der Waals surface area contributed by atoms with Crippen molar-refractivity contribution in [1.82, 2.24) is 14.8 Å². The molecule has 0 amide bonds. The van der Waals surface area contributed by atoms with Crippen molar-refractivity contribution >= 4 is 5.69 Å². The first-order chi connectivity index (χ1) is 8.70. The Hall–Kier alpha value is -1.13. The van der Waals surface area contributed by atoms with Gasteiger partial charge >= 0.3 is 0 Å². The molecule has 1 fully saturated rings. The third kappa shape index (κ3) is 3.21. The Morgan fingerprint density at radius 1 is 1.44 bits per heavy atom. The van der Waals surface area contributed by atoms with Crippen molar-refractivity contribution < 1.29 is 0 Å². The van der Waals surface area contributed by atoms with Gasteiger partial charge in [-0.2, -0.15) is 0 Å². The molecule has 1 saturated heterocycles. The highest BCUT2D eigenvalue weighted by molar-refractivity contribution is 5.41. The second-order valence-corrected chi connectivity index (χ2v) is 5.19. The van der Waals surface area contributed by atoms with E-state index in [0.717, 1.165) is 31.0 Å². The van der Waals surface area contributed by atoms with Crippen LogP contribution >= 0.6 is 0 Å². The quantitative estimate of drug-likeness (QED) is 0.882. The van der Waals surface area contributed by atoms with Crippen molar-refractivity contribution in [3.05, 3.63) is 24.0 Å². The lowest BCUT2D eigenvalue weighted by atomic mass is 10.1. The van der Waals surface area contributed by atoms with Gasteiger partial charge in [0.15, 0.2) is 0 Å². The van der Waals surface area contributed by atoms with Gasteiger partial charge in [0.1, 0.15) is 0 Å². The molecule has 1 aromatic heterocycles. The summed E-state index contributed by atoms with van der Waals surface area (Å²) in [7, 11) is 2.21. The molecule has 1 unspecified atom stereocenters. The third-order valence-corrected chi connectivity index (χ3v) is 3.77. The third-order valence-electron chi connectivity index (χ3n) is 3.77. The van der Waals surface area contributed by atoms with Gasteiger partial charge in [-0.1, -0.05) is 6.92 Å². The van der Waals surface area contributed by atoms with E-state index in [4.69, 9.17) is 5.73 Å². The number of nitrogens with zero attached hydrogens (tertiary/aromatic N) is 3. The average Bonchev–Trinajstić information content (AvgIpc) is 2.54. The molecular formula is C14H24N4. The zero-order valence-electron chi connectivity index (χ0n) is 11.5. The fraction of sp³-hybridized carbons (Fsp3) is 0.643. The van der Waals surface area contributed by atoms with E-state index in [1.54, 1.807) is 0 Å². The van der Waals surface area contributed by atoms with Gasteiger partial charge in [0.25, 0.3) is 0 Å². The largest absolute Gasteiger partial charge is 0.397 e. The Morgan fingerprint density at radius 3 is 3.00 bits per heavy atom. The number of rotatable bonds is 3. The summed E-state index contributed by atoms with van der Waals surface area (Å²) < 4.78 is 0. The molecule has 0 aliphatic carbocycles. The van der Waals surface area contributed by atoms with Crippen molar-refractivity contribution in [3.63, 3.8) is 0 Å². The van der Waals surface area contributed by atoms with Crippen LogP contribution in [0.1, 0.15) is 25.5 Å². The van der Waals surface area contributed by atoms with Crippen LogP contribution < -0.4 is 5.73 Å². The molecule has 2 heterocycles. The van der Waals surface area contributed by atoms with E-state index in [1.807, 2.05) is 18.3 Å². The highest BCUT2D eigenvalue weighted by atomic mass is 15.2. The summed E-state index contributed by atoms with van der Waals surface area (Å²) in [6.45, 7) is 6.60. The Kier molecular flexibility index (Phi) is 4.55. The van der Waals surface area contributed by atoms with Gasteiger partial charge in [-0.3, -0.25) is 9.88 Å². The summed E-state index contributed by atoms with van der Waals surface area (Å²) in [5.41, 5.74) is 7.82. The normalized spacial score (nSPS) is 22.9. The molecule has 1 aromatic rings. The standard InChI is InChI=1S/C14H24N4/c1-3-12-10-17(2)8-5-9-18(12)11-14-13(15)6-4-7-16-14/h4,6-7,12H,3,5,8-11,15H2,1-2H3. The van der Waals surface area contributed by atoms with Crippen LogP contribution in [0.5, 0.6) is 0 Å². The van der Waals surface area contributed by atoms with E-state index >= 15 is 0 Å². The molecule has 1 aliphatic rings. The fourth-order valence-electron chi connectivity index (χ4n) is 2.66. The molecule has 4 nitrogen and oxygen atoms in total. The number of hydrogen-bond acceptors (Lipinski definition) is 4. The SMILES string of the molecule is CCC1CN(C)CCCN1Cc1ncccc1N. The van der Waals surface area contributed by atoms with Crippen LogP contribution in [0.4, 0.5) is 5.69 Å². The van der Waals surface area contributed by atoms with E-state index < -0.39 is 0 Å². The molecule has 0 radical (unpaired) electrons. The Balaban J connectivity index is 2.08. The summed E-state index contributed by atoms with van der Waals surface area (Å²) in [5, 5.41) is 0. The van der Waals surface area contributed by atoms with Gasteiger partial charge in [-0.05, 0) is 38.6 Å². The van der Waals surface area contributed by atoms with Gasteiger partial charge < -0.3 is 10.6 Å². The van der Waals surface area contributed by atoms with Crippen LogP contribution in [0.15, 0.2) is 18.3 Å². The summed E-state index contributed by atoms with van der Waals surface area (Å²) in [6, 6.07) is 4.44. The number of pyridine rings is 1. The summed E-state index contributed by atoms with van der Waals surface area (Å²) in [6.07, 6.45) is 4.23. The van der Waals surface area contributed by atoms with Crippen molar-refractivity contribution in [2.75, 3.05) is 32.4 Å². The first-order valence-corrected chi connectivity index (χ1v) is 6.82. The second-order valence-electron chi connectivity index (χ2n) is 5.19. The first-order valence-electron chi connectivity index (χ1n) is 6.82. The highest BCUT2D eigenvalue weighted by Crippen LogP contribution is 2.17. The van der Waals surface area contributed by atoms with Gasteiger partial charge in [0.05, 0.1) is 11.4 Å². The van der Waals surface area contributed by atoms with Crippen molar-refractivity contribution in [1.29, 1.82) is 0 Å². The summed E-state index contributed by atoms with van der Waals surface area (Å²) >= 11 is 0. The van der Waals surface area contributed by atoms with Crippen molar-refractivity contribution in [2.45, 2.75) is 32.4 Å². The van der Waals surface area contributed by atoms with E-state index in [9.17, 15) is 0 Å². The van der Waals surface area contributed by atoms with Gasteiger partial charge in [-0.15, -0.1) is 0 Å². The van der Waals surface area contributed by atoms with Crippen LogP contribution in [-0.2, 0) is 6.54 Å². The van der Waals surface area contributed by atoms with Gasteiger partial charge in [0, 0.05) is 31.9 Å². The molecule has 0 bridgehead atoms. The van der Waals surface area contributed by atoms with Crippen LogP contribution in [0, 0.1) is 0 Å². The highest BCUT2D eigenvalue weighted by Gasteiger charge is 2.22. The van der Waals surface area contributed by atoms with Crippen LogP contribution in [-0.4, -0.2) is 47.5 Å². The minimum atomic E-state index is 0.610. The van der Waals surface area contributed by atoms with Crippen molar-refractivity contribution in [3.8, 4) is 0 Å². The molecule has 1 atom stereocenters. The van der Waals surface area contributed by atoms with Crippen LogP contribution in [0.3, 0.4) is 0 Å². The summed E-state index contributed by atoms with van der Waals surface area (Å²) in [4.78, 5) is 9.37. The number of nitrogens with two attached hydrogens (primary N) is 1. The Morgan fingerprint density at radius 2 is 2.28 bits per heavy atom. The number of anilines is 1. The predicted octanol–water partition coefficient (Wildman–Crippen LogP) is 1.58. The van der Waals surface area contributed by atoms with Gasteiger partial charge in [-0.25, -0.2) is 0 Å². The molecule has 18 heavy (non-hydrogen) atoms. The fourth-order valence-corrected chi connectivity index (χ4v) is 2.66. The first kappa shape index (κ1) is 13.3. The number of hydrogen-bond donors (Lipinski definition) is 1. The lowest BCUT2D eigenvalue weighted by Crippen LogP contribution is -2.39.